The highest BCUT2D eigenvalue weighted by molar-refractivity contribution is 5.39. The van der Waals surface area contributed by atoms with E-state index in [1.807, 2.05) is 36.7 Å². The number of aliphatic hydroxyl groups excluding tert-OH is 1. The molecule has 0 amide bonds. The lowest BCUT2D eigenvalue weighted by Crippen LogP contribution is -2.10. The Bertz CT molecular complexity index is 602. The van der Waals surface area contributed by atoms with Crippen LogP contribution in [0.1, 0.15) is 55.1 Å². The lowest BCUT2D eigenvalue weighted by Gasteiger charge is -2.13. The summed E-state index contributed by atoms with van der Waals surface area (Å²) >= 11 is 0. The third-order valence-electron chi connectivity index (χ3n) is 4.05. The highest BCUT2D eigenvalue weighted by Gasteiger charge is 2.14. The van der Waals surface area contributed by atoms with Crippen LogP contribution in [0.3, 0.4) is 0 Å². The van der Waals surface area contributed by atoms with E-state index in [9.17, 15) is 5.11 Å². The first-order chi connectivity index (χ1) is 11.2. The van der Waals surface area contributed by atoms with Crippen molar-refractivity contribution in [2.75, 3.05) is 0 Å². The molecule has 0 fully saturated rings. The van der Waals surface area contributed by atoms with Crippen molar-refractivity contribution in [1.29, 1.82) is 0 Å². The maximum absolute atomic E-state index is 9.48. The normalized spacial score (nSPS) is 11.0. The molecule has 1 aromatic carbocycles. The third kappa shape index (κ3) is 4.55. The van der Waals surface area contributed by atoms with Crippen LogP contribution in [0.4, 0.5) is 0 Å². The van der Waals surface area contributed by atoms with Gasteiger partial charge in [-0.25, -0.2) is 4.68 Å². The predicted octanol–water partition coefficient (Wildman–Crippen LogP) is 3.55. The van der Waals surface area contributed by atoms with E-state index in [1.165, 1.54) is 19.3 Å². The van der Waals surface area contributed by atoms with Crippen molar-refractivity contribution in [3.8, 4) is 5.75 Å². The average molecular weight is 317 g/mol. The summed E-state index contributed by atoms with van der Waals surface area (Å²) in [5.74, 6) is 0.898. The Hall–Kier alpha value is -1.88. The minimum Gasteiger partial charge on any atom is -0.487 e. The number of unbranched alkanes of at least 4 members (excludes halogenated alkanes) is 3. The number of hydrogen-bond donors (Lipinski definition) is 1. The van der Waals surface area contributed by atoms with E-state index in [0.29, 0.717) is 12.3 Å². The van der Waals surface area contributed by atoms with E-state index in [1.54, 1.807) is 0 Å². The standard InChI is InChI=1S/C18H27N3O2/c1-4-5-6-7-11-21-17(16(12-22)19-20-21)13-23-18-14(2)9-8-10-15(18)3/h8-10,22H,4-7,11-13H2,1-3H3. The molecule has 2 rings (SSSR count). The molecule has 0 spiro atoms. The first-order valence-corrected chi connectivity index (χ1v) is 8.38. The van der Waals surface area contributed by atoms with E-state index in [-0.39, 0.29) is 6.61 Å². The van der Waals surface area contributed by atoms with Gasteiger partial charge in [0.05, 0.1) is 6.61 Å². The van der Waals surface area contributed by atoms with Gasteiger partial charge >= 0.3 is 0 Å². The molecule has 5 heteroatoms. The second kappa shape index (κ2) is 8.67. The number of para-hydroxylation sites is 1. The van der Waals surface area contributed by atoms with Crippen molar-refractivity contribution in [3.63, 3.8) is 0 Å². The molecular formula is C18H27N3O2. The fourth-order valence-corrected chi connectivity index (χ4v) is 2.68. The summed E-state index contributed by atoms with van der Waals surface area (Å²) < 4.78 is 7.88. The topological polar surface area (TPSA) is 60.2 Å². The number of aryl methyl sites for hydroxylation is 3. The van der Waals surface area contributed by atoms with Crippen LogP contribution in [0.5, 0.6) is 5.75 Å². The van der Waals surface area contributed by atoms with Crippen LogP contribution in [-0.2, 0) is 19.8 Å². The van der Waals surface area contributed by atoms with Crippen LogP contribution >= 0.6 is 0 Å². The van der Waals surface area contributed by atoms with Crippen LogP contribution in [0.2, 0.25) is 0 Å². The number of benzene rings is 1. The minimum atomic E-state index is -0.111. The first kappa shape index (κ1) is 17.5. The van der Waals surface area contributed by atoms with Crippen LogP contribution in [0.15, 0.2) is 18.2 Å². The quantitative estimate of drug-likeness (QED) is 0.719. The Morgan fingerprint density at radius 3 is 2.52 bits per heavy atom. The van der Waals surface area contributed by atoms with Gasteiger partial charge in [-0.05, 0) is 31.4 Å². The van der Waals surface area contributed by atoms with E-state index >= 15 is 0 Å². The molecule has 0 radical (unpaired) electrons. The average Bonchev–Trinajstić information content (AvgIpc) is 2.93. The molecule has 2 aromatic rings. The summed E-state index contributed by atoms with van der Waals surface area (Å²) in [6, 6.07) is 6.10. The molecule has 1 heterocycles. The second-order valence-electron chi connectivity index (χ2n) is 5.93. The Labute approximate surface area is 138 Å². The number of hydrogen-bond acceptors (Lipinski definition) is 4. The van der Waals surface area contributed by atoms with E-state index in [4.69, 9.17) is 4.74 Å². The molecule has 0 atom stereocenters. The molecule has 126 valence electrons. The summed E-state index contributed by atoms with van der Waals surface area (Å²) in [5, 5.41) is 17.7. The zero-order valence-corrected chi connectivity index (χ0v) is 14.4. The van der Waals surface area contributed by atoms with Gasteiger partial charge in [0.25, 0.3) is 0 Å². The van der Waals surface area contributed by atoms with Crippen LogP contribution < -0.4 is 4.74 Å². The van der Waals surface area contributed by atoms with Crippen molar-refractivity contribution < 1.29 is 9.84 Å². The number of aliphatic hydroxyl groups is 1. The predicted molar refractivity (Wildman–Crippen MR) is 90.3 cm³/mol. The Kier molecular flexibility index (Phi) is 6.59. The summed E-state index contributed by atoms with van der Waals surface area (Å²) in [7, 11) is 0. The lowest BCUT2D eigenvalue weighted by molar-refractivity contribution is 0.260. The molecular weight excluding hydrogens is 290 g/mol. The molecule has 1 N–H and O–H groups in total. The minimum absolute atomic E-state index is 0.111. The van der Waals surface area contributed by atoms with Gasteiger partial charge < -0.3 is 9.84 Å². The molecule has 0 unspecified atom stereocenters. The van der Waals surface area contributed by atoms with Crippen molar-refractivity contribution >= 4 is 0 Å². The SMILES string of the molecule is CCCCCCn1nnc(CO)c1COc1c(C)cccc1C. The lowest BCUT2D eigenvalue weighted by atomic mass is 10.1. The summed E-state index contributed by atoms with van der Waals surface area (Å²) in [6.07, 6.45) is 4.69. The fraction of sp³-hybridized carbons (Fsp3) is 0.556. The van der Waals surface area contributed by atoms with Crippen LogP contribution in [-0.4, -0.2) is 20.1 Å². The van der Waals surface area contributed by atoms with Crippen LogP contribution in [0, 0.1) is 13.8 Å². The monoisotopic (exact) mass is 317 g/mol. The molecule has 0 bridgehead atoms. The fourth-order valence-electron chi connectivity index (χ4n) is 2.68. The Balaban J connectivity index is 2.07. The van der Waals surface area contributed by atoms with Crippen molar-refractivity contribution in [2.24, 2.45) is 0 Å². The number of nitrogens with zero attached hydrogens (tertiary/aromatic N) is 3. The Morgan fingerprint density at radius 1 is 1.13 bits per heavy atom. The van der Waals surface area contributed by atoms with Gasteiger partial charge in [0.1, 0.15) is 23.7 Å². The number of ether oxygens (including phenoxy) is 1. The third-order valence-corrected chi connectivity index (χ3v) is 4.05. The molecule has 0 aliphatic carbocycles. The summed E-state index contributed by atoms with van der Waals surface area (Å²) in [6.45, 7) is 7.36. The number of rotatable bonds is 9. The molecule has 0 saturated heterocycles. The van der Waals surface area contributed by atoms with Crippen LogP contribution in [0.25, 0.3) is 0 Å². The molecule has 23 heavy (non-hydrogen) atoms. The molecule has 0 aliphatic heterocycles. The van der Waals surface area contributed by atoms with Gasteiger partial charge in [-0.1, -0.05) is 49.6 Å². The van der Waals surface area contributed by atoms with Gasteiger partial charge in [-0.2, -0.15) is 0 Å². The van der Waals surface area contributed by atoms with Crippen molar-refractivity contribution in [3.05, 3.63) is 40.7 Å². The molecule has 0 saturated carbocycles. The van der Waals surface area contributed by atoms with E-state index in [0.717, 1.165) is 35.5 Å². The summed E-state index contributed by atoms with van der Waals surface area (Å²) in [5.41, 5.74) is 3.69. The Morgan fingerprint density at radius 2 is 1.87 bits per heavy atom. The van der Waals surface area contributed by atoms with Gasteiger partial charge in [0, 0.05) is 6.54 Å². The molecule has 0 aliphatic rings. The summed E-state index contributed by atoms with van der Waals surface area (Å²) in [4.78, 5) is 0. The highest BCUT2D eigenvalue weighted by atomic mass is 16.5. The van der Waals surface area contributed by atoms with Gasteiger partial charge in [-0.3, -0.25) is 0 Å². The van der Waals surface area contributed by atoms with Gasteiger partial charge in [0.15, 0.2) is 0 Å². The first-order valence-electron chi connectivity index (χ1n) is 8.38. The van der Waals surface area contributed by atoms with E-state index in [2.05, 4.69) is 17.2 Å². The largest absolute Gasteiger partial charge is 0.487 e. The van der Waals surface area contributed by atoms with Gasteiger partial charge in [-0.15, -0.1) is 5.10 Å². The molecule has 5 nitrogen and oxygen atoms in total. The smallest absolute Gasteiger partial charge is 0.132 e. The number of aromatic nitrogens is 3. The van der Waals surface area contributed by atoms with Crippen molar-refractivity contribution in [2.45, 2.75) is 66.2 Å². The van der Waals surface area contributed by atoms with E-state index < -0.39 is 0 Å². The zero-order chi connectivity index (χ0) is 16.7. The zero-order valence-electron chi connectivity index (χ0n) is 14.4. The highest BCUT2D eigenvalue weighted by Crippen LogP contribution is 2.24. The maximum atomic E-state index is 9.48. The second-order valence-corrected chi connectivity index (χ2v) is 5.93. The van der Waals surface area contributed by atoms with Crippen molar-refractivity contribution in [1.82, 2.24) is 15.0 Å². The van der Waals surface area contributed by atoms with Gasteiger partial charge in [0.2, 0.25) is 0 Å². The maximum Gasteiger partial charge on any atom is 0.132 e. The molecule has 1 aromatic heterocycles.